The molecule has 0 atom stereocenters. The number of aryl methyl sites for hydroxylation is 2. The van der Waals surface area contributed by atoms with Gasteiger partial charge in [0.15, 0.2) is 0 Å². The zero-order chi connectivity index (χ0) is 27.7. The van der Waals surface area contributed by atoms with Crippen LogP contribution < -0.4 is 4.74 Å². The summed E-state index contributed by atoms with van der Waals surface area (Å²) in [5, 5.41) is 8.76. The molecule has 1 aromatic carbocycles. The number of hydrogen-bond donors (Lipinski definition) is 0. The predicted molar refractivity (Wildman–Crippen MR) is 147 cm³/mol. The normalized spacial score (nSPS) is 17.1. The fourth-order valence-electron chi connectivity index (χ4n) is 5.49. The summed E-state index contributed by atoms with van der Waals surface area (Å²) in [6, 6.07) is 9.90. The van der Waals surface area contributed by atoms with Crippen LogP contribution in [-0.2, 0) is 32.0 Å². The second kappa shape index (κ2) is 10.8. The number of nitrogens with zero attached hydrogens (tertiary/aromatic N) is 7. The van der Waals surface area contributed by atoms with Crippen LogP contribution >= 0.6 is 0 Å². The number of benzene rings is 1. The number of likely N-dealkylation sites (tertiary alicyclic amines) is 1. The highest BCUT2D eigenvalue weighted by Crippen LogP contribution is 2.36. The molecule has 39 heavy (non-hydrogen) atoms. The molecule has 3 aromatic rings. The Balaban J connectivity index is 1.29. The van der Waals surface area contributed by atoms with Gasteiger partial charge in [0.2, 0.25) is 5.91 Å². The molecule has 10 nitrogen and oxygen atoms in total. The number of ether oxygens (including phenoxy) is 1. The van der Waals surface area contributed by atoms with Crippen molar-refractivity contribution in [3.8, 4) is 5.75 Å². The standard InChI is InChI=1S/C29H39N7O3/c1-21(2)24-14-25(34(5)31-24)28(38)36-18-23-8-6-7-9-26(23)39-29(20-36)10-12-35(13-11-29)19-27(37)32(3)16-22-15-30-33(4)17-22/h6-9,14-15,17,21H,10-13,16,18-20H2,1-5H3. The fourth-order valence-corrected chi connectivity index (χ4v) is 5.49. The average molecular weight is 534 g/mol. The maximum atomic E-state index is 13.8. The number of amides is 2. The summed E-state index contributed by atoms with van der Waals surface area (Å²) in [4.78, 5) is 32.6. The molecule has 4 heterocycles. The molecule has 208 valence electrons. The molecule has 0 aliphatic carbocycles. The van der Waals surface area contributed by atoms with Crippen molar-refractivity contribution in [3.05, 3.63) is 65.2 Å². The van der Waals surface area contributed by atoms with E-state index in [2.05, 4.69) is 28.9 Å². The highest BCUT2D eigenvalue weighted by molar-refractivity contribution is 5.93. The van der Waals surface area contributed by atoms with Crippen LogP contribution in [0.2, 0.25) is 0 Å². The Labute approximate surface area is 230 Å². The quantitative estimate of drug-likeness (QED) is 0.484. The van der Waals surface area contributed by atoms with Crippen LogP contribution in [0, 0.1) is 0 Å². The highest BCUT2D eigenvalue weighted by atomic mass is 16.5. The predicted octanol–water partition coefficient (Wildman–Crippen LogP) is 2.81. The second-order valence-corrected chi connectivity index (χ2v) is 11.3. The Morgan fingerprint density at radius 2 is 1.90 bits per heavy atom. The van der Waals surface area contributed by atoms with Crippen LogP contribution in [-0.4, -0.2) is 84.9 Å². The SMILES string of the molecule is CC(C)c1cc(C(=O)N2Cc3ccccc3OC3(CCN(CC(=O)N(C)Cc4cnn(C)c4)CC3)C2)n(C)n1. The molecule has 2 amide bonds. The number of aromatic nitrogens is 4. The third-order valence-corrected chi connectivity index (χ3v) is 7.87. The second-order valence-electron chi connectivity index (χ2n) is 11.3. The van der Waals surface area contributed by atoms with Crippen LogP contribution in [0.3, 0.4) is 0 Å². The van der Waals surface area contributed by atoms with Crippen LogP contribution in [0.5, 0.6) is 5.75 Å². The Morgan fingerprint density at radius 3 is 2.56 bits per heavy atom. The van der Waals surface area contributed by atoms with E-state index in [0.717, 1.165) is 48.5 Å². The topological polar surface area (TPSA) is 88.7 Å². The van der Waals surface area contributed by atoms with Crippen LogP contribution in [0.4, 0.5) is 0 Å². The van der Waals surface area contributed by atoms with Crippen molar-refractivity contribution < 1.29 is 14.3 Å². The summed E-state index contributed by atoms with van der Waals surface area (Å²) >= 11 is 0. The number of carbonyl (C=O) groups is 2. The molecule has 1 spiro atoms. The Hall–Kier alpha value is -3.66. The summed E-state index contributed by atoms with van der Waals surface area (Å²) in [7, 11) is 5.54. The first-order chi connectivity index (χ1) is 18.6. The maximum Gasteiger partial charge on any atom is 0.272 e. The Kier molecular flexibility index (Phi) is 7.48. The van der Waals surface area contributed by atoms with E-state index in [9.17, 15) is 9.59 Å². The summed E-state index contributed by atoms with van der Waals surface area (Å²) < 4.78 is 10.1. The van der Waals surface area contributed by atoms with Gasteiger partial charge in [0, 0.05) is 77.5 Å². The van der Waals surface area contributed by atoms with Crippen molar-refractivity contribution in [1.29, 1.82) is 0 Å². The highest BCUT2D eigenvalue weighted by Gasteiger charge is 2.42. The van der Waals surface area contributed by atoms with E-state index in [0.29, 0.717) is 31.9 Å². The van der Waals surface area contributed by atoms with Gasteiger partial charge in [0.05, 0.1) is 25.0 Å². The lowest BCUT2D eigenvalue weighted by Gasteiger charge is -2.42. The van der Waals surface area contributed by atoms with E-state index in [-0.39, 0.29) is 17.7 Å². The number of carbonyl (C=O) groups excluding carboxylic acids is 2. The van der Waals surface area contributed by atoms with E-state index in [1.807, 2.05) is 62.6 Å². The van der Waals surface area contributed by atoms with Crippen molar-refractivity contribution in [2.75, 3.05) is 33.2 Å². The van der Waals surface area contributed by atoms with Gasteiger partial charge in [-0.2, -0.15) is 10.2 Å². The van der Waals surface area contributed by atoms with Crippen molar-refractivity contribution in [2.24, 2.45) is 14.1 Å². The molecule has 0 saturated carbocycles. The molecule has 0 unspecified atom stereocenters. The number of hydrogen-bond acceptors (Lipinski definition) is 6. The lowest BCUT2D eigenvalue weighted by molar-refractivity contribution is -0.132. The van der Waals surface area contributed by atoms with Gasteiger partial charge >= 0.3 is 0 Å². The molecule has 5 rings (SSSR count). The van der Waals surface area contributed by atoms with E-state index in [1.165, 1.54) is 0 Å². The molecule has 0 bridgehead atoms. The van der Waals surface area contributed by atoms with Crippen molar-refractivity contribution >= 4 is 11.8 Å². The van der Waals surface area contributed by atoms with Crippen LogP contribution in [0.25, 0.3) is 0 Å². The first-order valence-electron chi connectivity index (χ1n) is 13.7. The van der Waals surface area contributed by atoms with Gasteiger partial charge in [0.1, 0.15) is 17.0 Å². The molecule has 1 saturated heterocycles. The van der Waals surface area contributed by atoms with Crippen LogP contribution in [0.15, 0.2) is 42.7 Å². The lowest BCUT2D eigenvalue weighted by Crippen LogP contribution is -2.55. The Bertz CT molecular complexity index is 1340. The van der Waals surface area contributed by atoms with E-state index >= 15 is 0 Å². The number of fused-ring (bicyclic) bond motifs is 1. The fraction of sp³-hybridized carbons (Fsp3) is 0.517. The van der Waals surface area contributed by atoms with Gasteiger partial charge in [-0.05, 0) is 18.1 Å². The molecule has 2 aliphatic heterocycles. The van der Waals surface area contributed by atoms with Crippen molar-refractivity contribution in [3.63, 3.8) is 0 Å². The molecule has 2 aliphatic rings. The first kappa shape index (κ1) is 26.9. The van der Waals surface area contributed by atoms with E-state index < -0.39 is 5.60 Å². The van der Waals surface area contributed by atoms with Gasteiger partial charge in [-0.3, -0.25) is 23.9 Å². The third kappa shape index (κ3) is 5.85. The number of rotatable bonds is 6. The van der Waals surface area contributed by atoms with Crippen LogP contribution in [0.1, 0.15) is 59.9 Å². The van der Waals surface area contributed by atoms with Gasteiger partial charge in [0.25, 0.3) is 5.91 Å². The van der Waals surface area contributed by atoms with E-state index in [1.54, 1.807) is 20.5 Å². The molecule has 0 N–H and O–H groups in total. The zero-order valence-electron chi connectivity index (χ0n) is 23.6. The smallest absolute Gasteiger partial charge is 0.272 e. The maximum absolute atomic E-state index is 13.8. The number of para-hydroxylation sites is 1. The van der Waals surface area contributed by atoms with Gasteiger partial charge in [-0.15, -0.1) is 0 Å². The van der Waals surface area contributed by atoms with Crippen molar-refractivity contribution in [1.82, 2.24) is 34.3 Å². The molecular formula is C29H39N7O3. The third-order valence-electron chi connectivity index (χ3n) is 7.87. The summed E-state index contributed by atoms with van der Waals surface area (Å²) in [6.07, 6.45) is 5.18. The Morgan fingerprint density at radius 1 is 1.15 bits per heavy atom. The van der Waals surface area contributed by atoms with Gasteiger partial charge in [-0.25, -0.2) is 0 Å². The minimum atomic E-state index is -0.511. The van der Waals surface area contributed by atoms with Gasteiger partial charge in [-0.1, -0.05) is 32.0 Å². The molecule has 1 fully saturated rings. The minimum Gasteiger partial charge on any atom is -0.485 e. The van der Waals surface area contributed by atoms with Gasteiger partial charge < -0.3 is 14.5 Å². The minimum absolute atomic E-state index is 0.0359. The number of likely N-dealkylation sites (N-methyl/N-ethyl adjacent to an activating group) is 1. The zero-order valence-corrected chi connectivity index (χ0v) is 23.6. The molecule has 10 heteroatoms. The van der Waals surface area contributed by atoms with Crippen molar-refractivity contribution in [2.45, 2.75) is 51.3 Å². The summed E-state index contributed by atoms with van der Waals surface area (Å²) in [5.74, 6) is 1.12. The van der Waals surface area contributed by atoms with E-state index in [4.69, 9.17) is 4.74 Å². The first-order valence-corrected chi connectivity index (χ1v) is 13.7. The molecule has 2 aromatic heterocycles. The lowest BCUT2D eigenvalue weighted by atomic mass is 9.90. The summed E-state index contributed by atoms with van der Waals surface area (Å²) in [5.41, 5.74) is 3.00. The molecular weight excluding hydrogens is 494 g/mol. The summed E-state index contributed by atoms with van der Waals surface area (Å²) in [6.45, 7) is 7.48. The average Bonchev–Trinajstić information content (AvgIpc) is 3.45. The molecule has 0 radical (unpaired) electrons. The number of piperidine rings is 1. The largest absolute Gasteiger partial charge is 0.485 e. The monoisotopic (exact) mass is 533 g/mol.